The highest BCUT2D eigenvalue weighted by atomic mass is 35.5. The maximum atomic E-state index is 6.81. The van der Waals surface area contributed by atoms with Crippen molar-refractivity contribution in [3.8, 4) is 0 Å². The summed E-state index contributed by atoms with van der Waals surface area (Å²) in [6.45, 7) is 6.60. The van der Waals surface area contributed by atoms with Crippen LogP contribution in [0.15, 0.2) is 48.7 Å². The molecular weight excluding hydrogens is 558 g/mol. The maximum absolute atomic E-state index is 6.81. The van der Waals surface area contributed by atoms with Crippen LogP contribution in [0.4, 0.5) is 28.8 Å². The number of anilines is 5. The van der Waals surface area contributed by atoms with Crippen LogP contribution < -0.4 is 26.2 Å². The Morgan fingerprint density at radius 2 is 1.68 bits per heavy atom. The molecule has 1 aromatic heterocycles. The fourth-order valence-corrected chi connectivity index (χ4v) is 8.18. The Kier molecular flexibility index (Phi) is 8.42. The molecule has 3 fully saturated rings. The lowest BCUT2D eigenvalue weighted by Gasteiger charge is -2.53. The van der Waals surface area contributed by atoms with Crippen molar-refractivity contribution in [3.05, 3.63) is 58.7 Å². The van der Waals surface area contributed by atoms with Gasteiger partial charge in [0.1, 0.15) is 5.02 Å². The minimum Gasteiger partial charge on any atom is -0.370 e. The molecule has 3 N–H and O–H groups in total. The summed E-state index contributed by atoms with van der Waals surface area (Å²) in [5.41, 5.74) is 3.51. The molecule has 2 heterocycles. The Morgan fingerprint density at radius 3 is 2.40 bits per heavy atom. The summed E-state index contributed by atoms with van der Waals surface area (Å²) in [7, 11) is -0.277. The van der Waals surface area contributed by atoms with Crippen LogP contribution in [-0.2, 0) is 0 Å². The second-order valence-corrected chi connectivity index (χ2v) is 15.0. The Morgan fingerprint density at radius 1 is 0.925 bits per heavy atom. The molecule has 2 aromatic carbocycles. The number of hydrogen-bond acceptors (Lipinski definition) is 6. The molecule has 0 amide bonds. The van der Waals surface area contributed by atoms with Gasteiger partial charge in [0, 0.05) is 36.5 Å². The third-order valence-corrected chi connectivity index (χ3v) is 10.9. The molecule has 0 atom stereocenters. The van der Waals surface area contributed by atoms with E-state index in [0.717, 1.165) is 47.3 Å². The van der Waals surface area contributed by atoms with Crippen LogP contribution in [0.3, 0.4) is 0 Å². The smallest absolute Gasteiger partial charge is 0.229 e. The third kappa shape index (κ3) is 6.21. The minimum absolute atomic E-state index is 0.277. The SMILES string of the molecule is CP(C)c1ccccc1Nc1nc(Nc2ccc(N3CCC4(CC3)CC(NC3CCCC3)C4)c(Cl)c2)ncc1Cl. The van der Waals surface area contributed by atoms with Crippen LogP contribution >= 0.6 is 31.1 Å². The average molecular weight is 598 g/mol. The molecule has 1 aliphatic heterocycles. The van der Waals surface area contributed by atoms with E-state index in [-0.39, 0.29) is 7.92 Å². The highest BCUT2D eigenvalue weighted by Crippen LogP contribution is 2.50. The molecule has 6 rings (SSSR count). The normalized spacial score (nSPS) is 19.3. The number of para-hydroxylation sites is 1. The van der Waals surface area contributed by atoms with Gasteiger partial charge in [0.2, 0.25) is 5.95 Å². The number of benzene rings is 2. The average Bonchev–Trinajstić information content (AvgIpc) is 3.44. The number of halogens is 2. The van der Waals surface area contributed by atoms with E-state index < -0.39 is 0 Å². The van der Waals surface area contributed by atoms with Gasteiger partial charge in [-0.15, -0.1) is 0 Å². The highest BCUT2D eigenvalue weighted by Gasteiger charge is 2.46. The summed E-state index contributed by atoms with van der Waals surface area (Å²) < 4.78 is 0. The van der Waals surface area contributed by atoms with Crippen LogP contribution in [0.2, 0.25) is 10.0 Å². The quantitative estimate of drug-likeness (QED) is 0.229. The van der Waals surface area contributed by atoms with Gasteiger partial charge < -0.3 is 20.9 Å². The van der Waals surface area contributed by atoms with Crippen molar-refractivity contribution in [1.29, 1.82) is 0 Å². The van der Waals surface area contributed by atoms with Crippen LogP contribution in [0, 0.1) is 5.41 Å². The van der Waals surface area contributed by atoms with Crippen molar-refractivity contribution < 1.29 is 0 Å². The lowest BCUT2D eigenvalue weighted by molar-refractivity contribution is 0.0473. The Balaban J connectivity index is 1.06. The van der Waals surface area contributed by atoms with E-state index >= 15 is 0 Å². The second-order valence-electron chi connectivity index (χ2n) is 12.0. The first-order chi connectivity index (χ1) is 19.4. The van der Waals surface area contributed by atoms with Gasteiger partial charge in [0.15, 0.2) is 5.82 Å². The molecule has 3 aliphatic rings. The van der Waals surface area contributed by atoms with Gasteiger partial charge in [-0.2, -0.15) is 4.98 Å². The summed E-state index contributed by atoms with van der Waals surface area (Å²) >= 11 is 13.3. The first kappa shape index (κ1) is 28.0. The summed E-state index contributed by atoms with van der Waals surface area (Å²) in [5, 5.41) is 13.1. The van der Waals surface area contributed by atoms with E-state index in [1.807, 2.05) is 12.1 Å². The number of rotatable bonds is 8. The first-order valence-corrected chi connectivity index (χ1v) is 17.5. The molecule has 2 saturated carbocycles. The Hall–Kier alpha value is -2.11. The van der Waals surface area contributed by atoms with Gasteiger partial charge in [0.05, 0.1) is 16.9 Å². The molecule has 3 aromatic rings. The third-order valence-electron chi connectivity index (χ3n) is 8.94. The van der Waals surface area contributed by atoms with E-state index in [9.17, 15) is 0 Å². The van der Waals surface area contributed by atoms with Crippen LogP contribution in [-0.4, -0.2) is 48.5 Å². The van der Waals surface area contributed by atoms with Crippen LogP contribution in [0.1, 0.15) is 51.4 Å². The Labute approximate surface area is 249 Å². The first-order valence-electron chi connectivity index (χ1n) is 14.5. The van der Waals surface area contributed by atoms with Gasteiger partial charge in [-0.25, -0.2) is 4.98 Å². The van der Waals surface area contributed by atoms with Gasteiger partial charge in [-0.05, 0) is 86.8 Å². The van der Waals surface area contributed by atoms with Gasteiger partial charge in [-0.3, -0.25) is 0 Å². The van der Waals surface area contributed by atoms with Gasteiger partial charge >= 0.3 is 0 Å². The van der Waals surface area contributed by atoms with Crippen LogP contribution in [0.5, 0.6) is 0 Å². The largest absolute Gasteiger partial charge is 0.370 e. The van der Waals surface area contributed by atoms with Crippen molar-refractivity contribution in [2.75, 3.05) is 42.0 Å². The lowest BCUT2D eigenvalue weighted by Crippen LogP contribution is -2.55. The van der Waals surface area contributed by atoms with Crippen molar-refractivity contribution >= 4 is 65.3 Å². The zero-order chi connectivity index (χ0) is 27.7. The Bertz CT molecular complexity index is 1330. The second kappa shape index (κ2) is 12.0. The zero-order valence-electron chi connectivity index (χ0n) is 23.4. The van der Waals surface area contributed by atoms with E-state index in [2.05, 4.69) is 74.5 Å². The van der Waals surface area contributed by atoms with E-state index in [1.165, 1.54) is 56.7 Å². The number of nitrogens with zero attached hydrogens (tertiary/aromatic N) is 3. The standard InChI is InChI=1S/C31H39Cl2N6P/c1-40(2)28-10-6-5-9-26(28)37-29-25(33)20-34-30(38-29)36-22-11-12-27(24(32)17-22)39-15-13-31(14-16-39)18-23(19-31)35-21-7-3-4-8-21/h5-6,9-12,17,20-21,23,35H,3-4,7-8,13-16,18-19H2,1-2H3,(H2,34,36,37,38). The van der Waals surface area contributed by atoms with Gasteiger partial charge in [-0.1, -0.05) is 62.2 Å². The number of nitrogens with one attached hydrogen (secondary N) is 3. The molecule has 9 heteroatoms. The molecule has 0 radical (unpaired) electrons. The predicted octanol–water partition coefficient (Wildman–Crippen LogP) is 7.92. The van der Waals surface area contributed by atoms with Crippen molar-refractivity contribution in [2.24, 2.45) is 5.41 Å². The summed E-state index contributed by atoms with van der Waals surface area (Å²) in [6.07, 6.45) is 12.4. The topological polar surface area (TPSA) is 65.1 Å². The molecule has 1 spiro atoms. The minimum atomic E-state index is -0.277. The maximum Gasteiger partial charge on any atom is 0.229 e. The molecule has 1 saturated heterocycles. The molecule has 2 aliphatic carbocycles. The molecular formula is C31H39Cl2N6P. The summed E-state index contributed by atoms with van der Waals surface area (Å²) in [4.78, 5) is 11.5. The molecule has 40 heavy (non-hydrogen) atoms. The molecule has 0 unspecified atom stereocenters. The predicted molar refractivity (Wildman–Crippen MR) is 172 cm³/mol. The molecule has 0 bridgehead atoms. The van der Waals surface area contributed by atoms with Crippen molar-refractivity contribution in [2.45, 2.75) is 63.5 Å². The fourth-order valence-electron chi connectivity index (χ4n) is 6.74. The molecule has 6 nitrogen and oxygen atoms in total. The fraction of sp³-hybridized carbons (Fsp3) is 0.484. The summed E-state index contributed by atoms with van der Waals surface area (Å²) in [6, 6.07) is 15.9. The van der Waals surface area contributed by atoms with Crippen LogP contribution in [0.25, 0.3) is 0 Å². The van der Waals surface area contributed by atoms with Crippen molar-refractivity contribution in [3.63, 3.8) is 0 Å². The number of piperidine rings is 1. The van der Waals surface area contributed by atoms with E-state index in [4.69, 9.17) is 23.2 Å². The monoisotopic (exact) mass is 596 g/mol. The zero-order valence-corrected chi connectivity index (χ0v) is 25.8. The number of hydrogen-bond donors (Lipinski definition) is 3. The number of aromatic nitrogens is 2. The summed E-state index contributed by atoms with van der Waals surface area (Å²) in [5.74, 6) is 1.04. The lowest BCUT2D eigenvalue weighted by atomic mass is 9.60. The van der Waals surface area contributed by atoms with E-state index in [0.29, 0.717) is 22.2 Å². The highest BCUT2D eigenvalue weighted by molar-refractivity contribution is 7.64. The van der Waals surface area contributed by atoms with Gasteiger partial charge in [0.25, 0.3) is 0 Å². The molecule has 212 valence electrons. The van der Waals surface area contributed by atoms with E-state index in [1.54, 1.807) is 6.20 Å². The van der Waals surface area contributed by atoms with Crippen molar-refractivity contribution in [1.82, 2.24) is 15.3 Å².